The molecule has 0 aliphatic carbocycles. The molecule has 8 heavy (non-hydrogen) atoms. The van der Waals surface area contributed by atoms with E-state index < -0.39 is 0 Å². The van der Waals surface area contributed by atoms with E-state index in [0.29, 0.717) is 12.6 Å². The highest BCUT2D eigenvalue weighted by Gasteiger charge is 1.92. The lowest BCUT2D eigenvalue weighted by molar-refractivity contribution is 0.734. The van der Waals surface area contributed by atoms with Gasteiger partial charge in [0.05, 0.1) is 4.99 Å². The smallest absolute Gasteiger partial charge is 0.0893 e. The minimum absolute atomic E-state index is 0.408. The second kappa shape index (κ2) is 3.80. The van der Waals surface area contributed by atoms with Gasteiger partial charge in [0, 0.05) is 12.6 Å². The minimum Gasteiger partial charge on any atom is -0.376 e. The second-order valence-corrected chi connectivity index (χ2v) is 2.42. The summed E-state index contributed by atoms with van der Waals surface area (Å²) in [6.07, 6.45) is 0. The molecule has 2 nitrogen and oxygen atoms in total. The first kappa shape index (κ1) is 7.85. The molecule has 0 saturated carbocycles. The molecule has 48 valence electrons. The number of nitrogens with one attached hydrogen (secondary N) is 1. The standard InChI is InChI=1S/C5H12N2S/c1-4(2)7-5(8)3-6/h4H,3,6H2,1-2H3,(H,7,8). The molecule has 0 aliphatic rings. The van der Waals surface area contributed by atoms with Gasteiger partial charge in [-0.2, -0.15) is 0 Å². The van der Waals surface area contributed by atoms with Crippen LogP contribution < -0.4 is 11.1 Å². The van der Waals surface area contributed by atoms with Gasteiger partial charge in [-0.3, -0.25) is 0 Å². The molecular formula is C5H12N2S. The molecular weight excluding hydrogens is 120 g/mol. The fraction of sp³-hybridized carbons (Fsp3) is 0.800. The average molecular weight is 132 g/mol. The first-order chi connectivity index (χ1) is 3.66. The SMILES string of the molecule is CC(C)NC(=S)CN. The summed E-state index contributed by atoms with van der Waals surface area (Å²) >= 11 is 4.80. The Bertz CT molecular complexity index is 80.5. The van der Waals surface area contributed by atoms with Crippen LogP contribution in [-0.2, 0) is 0 Å². The van der Waals surface area contributed by atoms with E-state index in [1.807, 2.05) is 13.8 Å². The van der Waals surface area contributed by atoms with Crippen LogP contribution in [0, 0.1) is 0 Å². The first-order valence-electron chi connectivity index (χ1n) is 2.66. The lowest BCUT2D eigenvalue weighted by Crippen LogP contribution is -2.33. The van der Waals surface area contributed by atoms with Gasteiger partial charge in [-0.1, -0.05) is 12.2 Å². The number of hydrogen-bond donors (Lipinski definition) is 2. The Morgan fingerprint density at radius 2 is 2.25 bits per heavy atom. The van der Waals surface area contributed by atoms with Crippen molar-refractivity contribution in [1.82, 2.24) is 5.32 Å². The van der Waals surface area contributed by atoms with Gasteiger partial charge in [0.1, 0.15) is 0 Å². The molecule has 0 aromatic rings. The first-order valence-corrected chi connectivity index (χ1v) is 3.07. The molecule has 0 rings (SSSR count). The number of rotatable bonds is 2. The van der Waals surface area contributed by atoms with Crippen LogP contribution in [0.5, 0.6) is 0 Å². The number of thiocarbonyl (C=S) groups is 1. The van der Waals surface area contributed by atoms with E-state index in [1.54, 1.807) is 0 Å². The van der Waals surface area contributed by atoms with Crippen molar-refractivity contribution < 1.29 is 0 Å². The van der Waals surface area contributed by atoms with Gasteiger partial charge in [0.2, 0.25) is 0 Å². The lowest BCUT2D eigenvalue weighted by atomic mass is 10.4. The Morgan fingerprint density at radius 1 is 1.75 bits per heavy atom. The summed E-state index contributed by atoms with van der Waals surface area (Å²) in [5, 5.41) is 3.00. The van der Waals surface area contributed by atoms with Gasteiger partial charge in [-0.25, -0.2) is 0 Å². The molecule has 0 aromatic carbocycles. The summed E-state index contributed by atoms with van der Waals surface area (Å²) < 4.78 is 0. The fourth-order valence-corrected chi connectivity index (χ4v) is 0.617. The summed E-state index contributed by atoms with van der Waals surface area (Å²) in [6, 6.07) is 0.408. The zero-order valence-corrected chi connectivity index (χ0v) is 6.09. The van der Waals surface area contributed by atoms with E-state index >= 15 is 0 Å². The topological polar surface area (TPSA) is 38.0 Å². The normalized spacial score (nSPS) is 9.50. The molecule has 0 amide bonds. The van der Waals surface area contributed by atoms with Crippen LogP contribution in [0.4, 0.5) is 0 Å². The van der Waals surface area contributed by atoms with Gasteiger partial charge in [-0.15, -0.1) is 0 Å². The van der Waals surface area contributed by atoms with E-state index in [4.69, 9.17) is 18.0 Å². The highest BCUT2D eigenvalue weighted by atomic mass is 32.1. The van der Waals surface area contributed by atoms with Crippen LogP contribution in [0.25, 0.3) is 0 Å². The maximum atomic E-state index is 5.22. The van der Waals surface area contributed by atoms with E-state index in [1.165, 1.54) is 0 Å². The van der Waals surface area contributed by atoms with Crippen LogP contribution in [-0.4, -0.2) is 17.6 Å². The van der Waals surface area contributed by atoms with Crippen LogP contribution in [0.15, 0.2) is 0 Å². The largest absolute Gasteiger partial charge is 0.376 e. The van der Waals surface area contributed by atoms with Crippen molar-refractivity contribution in [1.29, 1.82) is 0 Å². The predicted octanol–water partition coefficient (Wildman–Crippen LogP) is 0.271. The molecule has 0 radical (unpaired) electrons. The van der Waals surface area contributed by atoms with Crippen molar-refractivity contribution in [3.05, 3.63) is 0 Å². The van der Waals surface area contributed by atoms with E-state index in [9.17, 15) is 0 Å². The van der Waals surface area contributed by atoms with Gasteiger partial charge in [0.15, 0.2) is 0 Å². The summed E-state index contributed by atoms with van der Waals surface area (Å²) in [7, 11) is 0. The van der Waals surface area contributed by atoms with Crippen LogP contribution in [0.3, 0.4) is 0 Å². The van der Waals surface area contributed by atoms with Crippen molar-refractivity contribution in [2.45, 2.75) is 19.9 Å². The van der Waals surface area contributed by atoms with Crippen LogP contribution in [0.1, 0.15) is 13.8 Å². The van der Waals surface area contributed by atoms with Crippen molar-refractivity contribution in [2.24, 2.45) is 5.73 Å². The maximum absolute atomic E-state index is 5.22. The molecule has 3 heteroatoms. The van der Waals surface area contributed by atoms with Crippen LogP contribution >= 0.6 is 12.2 Å². The highest BCUT2D eigenvalue weighted by molar-refractivity contribution is 7.80. The predicted molar refractivity (Wildman–Crippen MR) is 39.9 cm³/mol. The third-order valence-corrected chi connectivity index (χ3v) is 0.920. The van der Waals surface area contributed by atoms with E-state index in [2.05, 4.69) is 5.32 Å². The summed E-state index contributed by atoms with van der Waals surface area (Å²) in [6.45, 7) is 4.51. The molecule has 0 fully saturated rings. The molecule has 0 saturated heterocycles. The molecule has 0 unspecified atom stereocenters. The molecule has 3 N–H and O–H groups in total. The highest BCUT2D eigenvalue weighted by Crippen LogP contribution is 1.75. The third kappa shape index (κ3) is 4.02. The Balaban J connectivity index is 3.25. The van der Waals surface area contributed by atoms with Crippen molar-refractivity contribution in [3.8, 4) is 0 Å². The zero-order chi connectivity index (χ0) is 6.57. The summed E-state index contributed by atoms with van der Waals surface area (Å²) in [5.41, 5.74) is 5.22. The number of hydrogen-bond acceptors (Lipinski definition) is 2. The van der Waals surface area contributed by atoms with Crippen molar-refractivity contribution >= 4 is 17.2 Å². The molecule has 0 spiro atoms. The average Bonchev–Trinajstić information content (AvgIpc) is 1.65. The van der Waals surface area contributed by atoms with Gasteiger partial charge >= 0.3 is 0 Å². The fourth-order valence-electron chi connectivity index (χ4n) is 0.381. The van der Waals surface area contributed by atoms with E-state index in [-0.39, 0.29) is 0 Å². The minimum atomic E-state index is 0.408. The Morgan fingerprint density at radius 3 is 2.38 bits per heavy atom. The van der Waals surface area contributed by atoms with Gasteiger partial charge in [-0.05, 0) is 13.8 Å². The summed E-state index contributed by atoms with van der Waals surface area (Å²) in [4.78, 5) is 0.736. The quantitative estimate of drug-likeness (QED) is 0.530. The monoisotopic (exact) mass is 132 g/mol. The number of nitrogens with two attached hydrogens (primary N) is 1. The molecule has 0 atom stereocenters. The van der Waals surface area contributed by atoms with Crippen molar-refractivity contribution in [3.63, 3.8) is 0 Å². The zero-order valence-electron chi connectivity index (χ0n) is 5.27. The molecule has 0 heterocycles. The Labute approximate surface area is 55.4 Å². The lowest BCUT2D eigenvalue weighted by Gasteiger charge is -2.07. The third-order valence-electron chi connectivity index (χ3n) is 0.635. The molecule has 0 aliphatic heterocycles. The molecule has 0 aromatic heterocycles. The van der Waals surface area contributed by atoms with Crippen LogP contribution in [0.2, 0.25) is 0 Å². The molecule has 0 bridgehead atoms. The van der Waals surface area contributed by atoms with Crippen molar-refractivity contribution in [2.75, 3.05) is 6.54 Å². The Hall–Kier alpha value is -0.150. The Kier molecular flexibility index (Phi) is 3.73. The summed E-state index contributed by atoms with van der Waals surface area (Å²) in [5.74, 6) is 0. The second-order valence-electron chi connectivity index (χ2n) is 1.93. The maximum Gasteiger partial charge on any atom is 0.0893 e. The van der Waals surface area contributed by atoms with Gasteiger partial charge < -0.3 is 11.1 Å². The van der Waals surface area contributed by atoms with Gasteiger partial charge in [0.25, 0.3) is 0 Å². The van der Waals surface area contributed by atoms with E-state index in [0.717, 1.165) is 4.99 Å².